The van der Waals surface area contributed by atoms with Gasteiger partial charge in [-0.25, -0.2) is 8.42 Å². The first-order chi connectivity index (χ1) is 13.0. The summed E-state index contributed by atoms with van der Waals surface area (Å²) in [5.41, 5.74) is -0.510. The van der Waals surface area contributed by atoms with Gasteiger partial charge in [-0.3, -0.25) is 4.90 Å². The van der Waals surface area contributed by atoms with E-state index in [1.165, 1.54) is 0 Å². The van der Waals surface area contributed by atoms with Gasteiger partial charge in [-0.15, -0.1) is 0 Å². The summed E-state index contributed by atoms with van der Waals surface area (Å²) in [4.78, 5) is 1.83. The number of halogens is 5. The second-order valence-electron chi connectivity index (χ2n) is 8.54. The highest BCUT2D eigenvalue weighted by Crippen LogP contribution is 2.38. The molecular formula is C18H32F5NO4S. The maximum atomic E-state index is 12.8. The van der Waals surface area contributed by atoms with Crippen LogP contribution in [0.25, 0.3) is 0 Å². The van der Waals surface area contributed by atoms with E-state index in [9.17, 15) is 35.5 Å². The Morgan fingerprint density at radius 3 is 2.21 bits per heavy atom. The molecule has 0 aromatic rings. The van der Waals surface area contributed by atoms with Crippen LogP contribution in [-0.4, -0.2) is 66.6 Å². The van der Waals surface area contributed by atoms with Crippen LogP contribution in [0.5, 0.6) is 0 Å². The number of alkyl halides is 5. The Labute approximate surface area is 169 Å². The summed E-state index contributed by atoms with van der Waals surface area (Å²) in [6.07, 6.45) is -5.75. The van der Waals surface area contributed by atoms with Gasteiger partial charge in [0.1, 0.15) is 9.84 Å². The van der Waals surface area contributed by atoms with Crippen molar-refractivity contribution in [2.75, 3.05) is 18.1 Å². The number of ether oxygens (including phenoxy) is 1. The van der Waals surface area contributed by atoms with Crippen LogP contribution in [-0.2, 0) is 14.6 Å². The maximum Gasteiger partial charge on any atom is 0.453 e. The highest BCUT2D eigenvalue weighted by Gasteiger charge is 2.56. The third kappa shape index (κ3) is 9.44. The minimum absolute atomic E-state index is 0.0560. The second kappa shape index (κ2) is 10.2. The van der Waals surface area contributed by atoms with E-state index in [2.05, 4.69) is 0 Å². The van der Waals surface area contributed by atoms with Crippen LogP contribution in [0.3, 0.4) is 0 Å². The molecule has 1 fully saturated rings. The van der Waals surface area contributed by atoms with Crippen molar-refractivity contribution in [1.29, 1.82) is 0 Å². The van der Waals surface area contributed by atoms with Crippen molar-refractivity contribution in [2.24, 2.45) is 0 Å². The van der Waals surface area contributed by atoms with Crippen molar-refractivity contribution < 1.29 is 40.2 Å². The average molecular weight is 454 g/mol. The molecule has 0 aromatic heterocycles. The topological polar surface area (TPSA) is 66.8 Å². The summed E-state index contributed by atoms with van der Waals surface area (Å²) in [7, 11) is -3.69. The summed E-state index contributed by atoms with van der Waals surface area (Å²) in [6.45, 7) is 6.16. The Morgan fingerprint density at radius 1 is 1.07 bits per heavy atom. The normalized spacial score (nSPS) is 20.9. The Bertz CT molecular complexity index is 604. The molecule has 1 aliphatic rings. The van der Waals surface area contributed by atoms with Crippen molar-refractivity contribution >= 4 is 9.84 Å². The van der Waals surface area contributed by atoms with E-state index in [0.29, 0.717) is 25.8 Å². The summed E-state index contributed by atoms with van der Waals surface area (Å²) in [6, 6.07) is 0.0560. The minimum atomic E-state index is -5.66. The molecule has 1 saturated heterocycles. The van der Waals surface area contributed by atoms with Gasteiger partial charge in [0.25, 0.3) is 0 Å². The van der Waals surface area contributed by atoms with Gasteiger partial charge in [0, 0.05) is 19.0 Å². The van der Waals surface area contributed by atoms with Crippen molar-refractivity contribution in [3.8, 4) is 0 Å². The summed E-state index contributed by atoms with van der Waals surface area (Å²) >= 11 is 0. The fraction of sp³-hybridized carbons (Fsp3) is 1.00. The van der Waals surface area contributed by atoms with E-state index in [1.807, 2.05) is 25.7 Å². The van der Waals surface area contributed by atoms with Gasteiger partial charge >= 0.3 is 12.1 Å². The highest BCUT2D eigenvalue weighted by atomic mass is 32.2. The largest absolute Gasteiger partial charge is 0.453 e. The third-order valence-corrected chi connectivity index (χ3v) is 6.59. The number of hydrogen-bond acceptors (Lipinski definition) is 5. The molecule has 11 heteroatoms. The average Bonchev–Trinajstić information content (AvgIpc) is 2.97. The van der Waals surface area contributed by atoms with Crippen molar-refractivity contribution in [2.45, 2.75) is 95.9 Å². The Balaban J connectivity index is 2.35. The zero-order valence-corrected chi connectivity index (χ0v) is 18.0. The SMILES string of the molecule is CC(C)(C)OC(O)N1CCCC1CCCCS(=O)(=O)CCCC(F)(F)C(F)(F)F. The number of hydrogen-bond donors (Lipinski definition) is 1. The molecule has 2 unspecified atom stereocenters. The second-order valence-corrected chi connectivity index (χ2v) is 10.8. The van der Waals surface area contributed by atoms with Crippen molar-refractivity contribution in [1.82, 2.24) is 4.90 Å². The van der Waals surface area contributed by atoms with Gasteiger partial charge in [-0.05, 0) is 52.9 Å². The van der Waals surface area contributed by atoms with Crippen LogP contribution in [0.4, 0.5) is 22.0 Å². The maximum absolute atomic E-state index is 12.8. The lowest BCUT2D eigenvalue weighted by atomic mass is 10.1. The molecule has 0 bridgehead atoms. The first kappa shape index (κ1) is 26.5. The summed E-state index contributed by atoms with van der Waals surface area (Å²) in [5, 5.41) is 10.2. The lowest BCUT2D eigenvalue weighted by Gasteiger charge is -2.33. The monoisotopic (exact) mass is 453 g/mol. The first-order valence-electron chi connectivity index (χ1n) is 9.81. The molecule has 0 radical (unpaired) electrons. The van der Waals surface area contributed by atoms with Crippen molar-refractivity contribution in [3.05, 3.63) is 0 Å². The van der Waals surface area contributed by atoms with E-state index < -0.39 is 52.5 Å². The number of rotatable bonds is 11. The molecular weight excluding hydrogens is 421 g/mol. The van der Waals surface area contributed by atoms with Gasteiger partial charge in [-0.1, -0.05) is 6.42 Å². The molecule has 1 N–H and O–H groups in total. The molecule has 5 nitrogen and oxygen atoms in total. The highest BCUT2D eigenvalue weighted by molar-refractivity contribution is 7.91. The van der Waals surface area contributed by atoms with Crippen LogP contribution >= 0.6 is 0 Å². The van der Waals surface area contributed by atoms with Gasteiger partial charge in [0.2, 0.25) is 6.41 Å². The molecule has 1 aliphatic heterocycles. The third-order valence-electron chi connectivity index (χ3n) is 4.77. The van der Waals surface area contributed by atoms with Crippen LogP contribution < -0.4 is 0 Å². The number of likely N-dealkylation sites (tertiary alicyclic amines) is 1. The number of nitrogens with zero attached hydrogens (tertiary/aromatic N) is 1. The van der Waals surface area contributed by atoms with Gasteiger partial charge < -0.3 is 9.84 Å². The fourth-order valence-electron chi connectivity index (χ4n) is 3.30. The number of unbranched alkanes of at least 4 members (excludes halogenated alkanes) is 1. The van der Waals surface area contributed by atoms with Crippen LogP contribution in [0.1, 0.15) is 65.7 Å². The van der Waals surface area contributed by atoms with Crippen LogP contribution in [0.15, 0.2) is 0 Å². The van der Waals surface area contributed by atoms with E-state index in [0.717, 1.165) is 12.8 Å². The Morgan fingerprint density at radius 2 is 1.66 bits per heavy atom. The molecule has 1 rings (SSSR count). The molecule has 174 valence electrons. The Hall–Kier alpha value is -0.520. The molecule has 0 saturated carbocycles. The fourth-order valence-corrected chi connectivity index (χ4v) is 4.73. The summed E-state index contributed by atoms with van der Waals surface area (Å²) in [5.74, 6) is -5.81. The standard InChI is InChI=1S/C18H32F5NO4S/c1-16(2,3)28-15(25)24-11-6-9-14(24)8-4-5-12-29(26,27)13-7-10-17(19,20)18(21,22)23/h14-15,25H,4-13H2,1-3H3. The number of aliphatic hydroxyl groups excluding tert-OH is 1. The zero-order valence-electron chi connectivity index (χ0n) is 17.1. The number of aliphatic hydroxyl groups is 1. The smallest absolute Gasteiger partial charge is 0.356 e. The van der Waals surface area contributed by atoms with E-state index in [4.69, 9.17) is 4.74 Å². The quantitative estimate of drug-likeness (QED) is 0.290. The van der Waals surface area contributed by atoms with Crippen LogP contribution in [0.2, 0.25) is 0 Å². The minimum Gasteiger partial charge on any atom is -0.356 e. The molecule has 2 atom stereocenters. The molecule has 0 amide bonds. The van der Waals surface area contributed by atoms with E-state index in [1.54, 1.807) is 0 Å². The van der Waals surface area contributed by atoms with Gasteiger partial charge in [0.15, 0.2) is 0 Å². The molecule has 0 spiro atoms. The molecule has 29 heavy (non-hydrogen) atoms. The molecule has 0 aliphatic carbocycles. The predicted molar refractivity (Wildman–Crippen MR) is 99.3 cm³/mol. The first-order valence-corrected chi connectivity index (χ1v) is 11.6. The van der Waals surface area contributed by atoms with Gasteiger partial charge in [-0.2, -0.15) is 22.0 Å². The number of sulfone groups is 1. The lowest BCUT2D eigenvalue weighted by Crippen LogP contribution is -2.44. The lowest BCUT2D eigenvalue weighted by molar-refractivity contribution is -0.284. The van der Waals surface area contributed by atoms with Crippen LogP contribution in [0, 0.1) is 0 Å². The summed E-state index contributed by atoms with van der Waals surface area (Å²) < 4.78 is 91.3. The zero-order chi connectivity index (χ0) is 22.5. The predicted octanol–water partition coefficient (Wildman–Crippen LogP) is 4.10. The van der Waals surface area contributed by atoms with Crippen molar-refractivity contribution in [3.63, 3.8) is 0 Å². The van der Waals surface area contributed by atoms with E-state index >= 15 is 0 Å². The molecule has 0 aromatic carbocycles. The molecule has 1 heterocycles. The Kier molecular flexibility index (Phi) is 9.32. The van der Waals surface area contributed by atoms with E-state index in [-0.39, 0.29) is 11.8 Å². The van der Waals surface area contributed by atoms with Gasteiger partial charge in [0.05, 0.1) is 17.1 Å².